The van der Waals surface area contributed by atoms with Gasteiger partial charge in [-0.2, -0.15) is 4.31 Å². The second-order valence-corrected chi connectivity index (χ2v) is 6.41. The van der Waals surface area contributed by atoms with Gasteiger partial charge in [0.25, 0.3) is 0 Å². The fourth-order valence-corrected chi connectivity index (χ4v) is 3.99. The van der Waals surface area contributed by atoms with Crippen LogP contribution in [0.5, 0.6) is 5.75 Å². The number of carbonyl (C=O) groups is 1. The van der Waals surface area contributed by atoms with Crippen LogP contribution < -0.4 is 4.74 Å². The highest BCUT2D eigenvalue weighted by atomic mass is 32.2. The minimum absolute atomic E-state index is 0.0663. The smallest absolute Gasteiger partial charge is 0.322 e. The Labute approximate surface area is 118 Å². The van der Waals surface area contributed by atoms with Gasteiger partial charge in [0.15, 0.2) is 0 Å². The number of aliphatic carboxylic acids is 1. The number of hydrogen-bond acceptors (Lipinski definition) is 4. The molecular weight excluding hydrogens is 282 g/mol. The summed E-state index contributed by atoms with van der Waals surface area (Å²) in [5.74, 6) is -0.647. The summed E-state index contributed by atoms with van der Waals surface area (Å²) in [5, 5.41) is 9.10. The highest BCUT2D eigenvalue weighted by molar-refractivity contribution is 7.89. The molecule has 1 aromatic rings. The molecule has 0 saturated carbocycles. The summed E-state index contributed by atoms with van der Waals surface area (Å²) in [6.45, 7) is 2.48. The molecule has 1 aromatic carbocycles. The average Bonchev–Trinajstić information content (AvgIpc) is 2.89. The van der Waals surface area contributed by atoms with Crippen LogP contribution in [0.2, 0.25) is 0 Å². The molecule has 0 aromatic heterocycles. The Morgan fingerprint density at radius 1 is 1.50 bits per heavy atom. The van der Waals surface area contributed by atoms with Gasteiger partial charge in [0.05, 0.1) is 11.5 Å². The van der Waals surface area contributed by atoms with Gasteiger partial charge in [-0.25, -0.2) is 8.42 Å². The first-order valence-corrected chi connectivity index (χ1v) is 7.88. The fourth-order valence-electron chi connectivity index (χ4n) is 2.30. The van der Waals surface area contributed by atoms with Gasteiger partial charge < -0.3 is 9.84 Å². The van der Waals surface area contributed by atoms with Gasteiger partial charge in [-0.1, -0.05) is 6.07 Å². The number of rotatable bonds is 5. The number of benzene rings is 1. The second-order valence-electron chi connectivity index (χ2n) is 4.52. The molecule has 0 amide bonds. The molecule has 110 valence electrons. The Balaban J connectivity index is 2.34. The van der Waals surface area contributed by atoms with Crippen molar-refractivity contribution in [2.75, 3.05) is 13.2 Å². The van der Waals surface area contributed by atoms with Crippen LogP contribution in [0, 0.1) is 0 Å². The molecule has 1 heterocycles. The number of nitrogens with zero attached hydrogens (tertiary/aromatic N) is 1. The van der Waals surface area contributed by atoms with Gasteiger partial charge in [-0.05, 0) is 31.9 Å². The third kappa shape index (κ3) is 2.78. The van der Waals surface area contributed by atoms with Gasteiger partial charge in [-0.15, -0.1) is 0 Å². The number of hydrogen-bond donors (Lipinski definition) is 1. The van der Waals surface area contributed by atoms with Gasteiger partial charge in [0.2, 0.25) is 10.0 Å². The number of carboxylic acid groups (broad SMARTS) is 1. The lowest BCUT2D eigenvalue weighted by atomic mass is 10.2. The third-order valence-corrected chi connectivity index (χ3v) is 5.12. The molecule has 1 saturated heterocycles. The standard InChI is InChI=1S/C13H17NO5S/c1-2-19-10-5-3-6-11(9-10)20(17,18)14-8-4-7-12(14)13(15)16/h3,5-6,9,12H,2,4,7-8H2,1H3,(H,15,16)/t12-/m1/s1. The summed E-state index contributed by atoms with van der Waals surface area (Å²) >= 11 is 0. The van der Waals surface area contributed by atoms with E-state index < -0.39 is 22.0 Å². The summed E-state index contributed by atoms with van der Waals surface area (Å²) in [6.07, 6.45) is 0.904. The highest BCUT2D eigenvalue weighted by Crippen LogP contribution is 2.28. The largest absolute Gasteiger partial charge is 0.494 e. The van der Waals surface area contributed by atoms with Crippen LogP contribution in [0.3, 0.4) is 0 Å². The molecule has 20 heavy (non-hydrogen) atoms. The average molecular weight is 299 g/mol. The Hall–Kier alpha value is -1.60. The molecule has 1 atom stereocenters. The summed E-state index contributed by atoms with van der Waals surface area (Å²) < 4.78 is 31.4. The maximum absolute atomic E-state index is 12.5. The fraction of sp³-hybridized carbons (Fsp3) is 0.462. The predicted molar refractivity (Wildman–Crippen MR) is 72.2 cm³/mol. The first kappa shape index (κ1) is 14.8. The molecule has 1 N–H and O–H groups in total. The number of ether oxygens (including phenoxy) is 1. The Bertz CT molecular complexity index is 599. The lowest BCUT2D eigenvalue weighted by molar-refractivity contribution is -0.140. The second kappa shape index (κ2) is 5.80. The predicted octanol–water partition coefficient (Wildman–Crippen LogP) is 1.32. The summed E-state index contributed by atoms with van der Waals surface area (Å²) in [6, 6.07) is 5.16. The lowest BCUT2D eigenvalue weighted by Gasteiger charge is -2.21. The SMILES string of the molecule is CCOc1cccc(S(=O)(=O)N2CCC[C@@H]2C(=O)O)c1. The van der Waals surface area contributed by atoms with E-state index in [0.717, 1.165) is 4.31 Å². The zero-order chi connectivity index (χ0) is 14.8. The van der Waals surface area contributed by atoms with Crippen molar-refractivity contribution in [1.29, 1.82) is 0 Å². The van der Waals surface area contributed by atoms with E-state index >= 15 is 0 Å². The molecule has 7 heteroatoms. The van der Waals surface area contributed by atoms with Crippen LogP contribution in [0.25, 0.3) is 0 Å². The Morgan fingerprint density at radius 2 is 2.25 bits per heavy atom. The quantitative estimate of drug-likeness (QED) is 0.886. The molecule has 0 spiro atoms. The molecule has 1 fully saturated rings. The molecule has 2 rings (SSSR count). The van der Waals surface area contributed by atoms with Crippen molar-refractivity contribution in [2.24, 2.45) is 0 Å². The zero-order valence-electron chi connectivity index (χ0n) is 11.2. The maximum Gasteiger partial charge on any atom is 0.322 e. The van der Waals surface area contributed by atoms with Crippen molar-refractivity contribution in [3.63, 3.8) is 0 Å². The van der Waals surface area contributed by atoms with Crippen LogP contribution in [0.4, 0.5) is 0 Å². The molecule has 1 aliphatic heterocycles. The molecular formula is C13H17NO5S. The molecule has 0 radical (unpaired) electrons. The lowest BCUT2D eigenvalue weighted by Crippen LogP contribution is -2.40. The van der Waals surface area contributed by atoms with Gasteiger partial charge >= 0.3 is 5.97 Å². The van der Waals surface area contributed by atoms with E-state index in [9.17, 15) is 13.2 Å². The van der Waals surface area contributed by atoms with Gasteiger partial charge in [0.1, 0.15) is 11.8 Å². The minimum atomic E-state index is -3.80. The summed E-state index contributed by atoms with van der Waals surface area (Å²) in [7, 11) is -3.80. The first-order valence-electron chi connectivity index (χ1n) is 6.44. The van der Waals surface area contributed by atoms with Crippen molar-refractivity contribution < 1.29 is 23.1 Å². The van der Waals surface area contributed by atoms with Crippen LogP contribution in [-0.2, 0) is 14.8 Å². The molecule has 0 unspecified atom stereocenters. The van der Waals surface area contributed by atoms with Crippen LogP contribution in [0.15, 0.2) is 29.2 Å². The summed E-state index contributed by atoms with van der Waals surface area (Å²) in [5.41, 5.74) is 0. The molecule has 0 bridgehead atoms. The number of sulfonamides is 1. The summed E-state index contributed by atoms with van der Waals surface area (Å²) in [4.78, 5) is 11.2. The number of carboxylic acids is 1. The Kier molecular flexibility index (Phi) is 4.29. The van der Waals surface area contributed by atoms with Crippen molar-refractivity contribution in [1.82, 2.24) is 4.31 Å². The highest BCUT2D eigenvalue weighted by Gasteiger charge is 2.39. The monoisotopic (exact) mass is 299 g/mol. The van der Waals surface area contributed by atoms with Gasteiger partial charge in [-0.3, -0.25) is 4.79 Å². The zero-order valence-corrected chi connectivity index (χ0v) is 12.0. The van der Waals surface area contributed by atoms with E-state index in [0.29, 0.717) is 25.2 Å². The molecule has 0 aliphatic carbocycles. The molecule has 1 aliphatic rings. The minimum Gasteiger partial charge on any atom is -0.494 e. The van der Waals surface area contributed by atoms with E-state index in [1.165, 1.54) is 12.1 Å². The normalized spacial score (nSPS) is 19.9. The van der Waals surface area contributed by atoms with E-state index in [4.69, 9.17) is 9.84 Å². The van der Waals surface area contributed by atoms with Crippen LogP contribution >= 0.6 is 0 Å². The van der Waals surface area contributed by atoms with Crippen molar-refractivity contribution in [2.45, 2.75) is 30.7 Å². The Morgan fingerprint density at radius 3 is 2.90 bits per heavy atom. The first-order chi connectivity index (χ1) is 9.46. The van der Waals surface area contributed by atoms with Gasteiger partial charge in [0, 0.05) is 12.6 Å². The van der Waals surface area contributed by atoms with E-state index in [1.54, 1.807) is 12.1 Å². The van der Waals surface area contributed by atoms with E-state index in [-0.39, 0.29) is 11.4 Å². The van der Waals surface area contributed by atoms with E-state index in [1.807, 2.05) is 6.92 Å². The van der Waals surface area contributed by atoms with Crippen molar-refractivity contribution in [3.8, 4) is 5.75 Å². The topological polar surface area (TPSA) is 83.9 Å². The van der Waals surface area contributed by atoms with E-state index in [2.05, 4.69) is 0 Å². The van der Waals surface area contributed by atoms with Crippen molar-refractivity contribution >= 4 is 16.0 Å². The van der Waals surface area contributed by atoms with Crippen LogP contribution in [0.1, 0.15) is 19.8 Å². The third-order valence-electron chi connectivity index (χ3n) is 3.21. The maximum atomic E-state index is 12.5. The van der Waals surface area contributed by atoms with Crippen molar-refractivity contribution in [3.05, 3.63) is 24.3 Å². The van der Waals surface area contributed by atoms with Crippen LogP contribution in [-0.4, -0.2) is 43.0 Å². The molecule has 6 nitrogen and oxygen atoms in total.